The lowest BCUT2D eigenvalue weighted by atomic mass is 10.2. The minimum atomic E-state index is -0.648. The van der Waals surface area contributed by atoms with Gasteiger partial charge in [-0.15, -0.1) is 0 Å². The first kappa shape index (κ1) is 16.9. The van der Waals surface area contributed by atoms with E-state index in [-0.39, 0.29) is 12.4 Å². The molecule has 1 N–H and O–H groups in total. The molecule has 1 aromatic rings. The van der Waals surface area contributed by atoms with Crippen LogP contribution in [0.2, 0.25) is 0 Å². The highest BCUT2D eigenvalue weighted by molar-refractivity contribution is 5.31. The highest BCUT2D eigenvalue weighted by Crippen LogP contribution is 2.23. The fourth-order valence-corrected chi connectivity index (χ4v) is 1.78. The van der Waals surface area contributed by atoms with Gasteiger partial charge in [-0.05, 0) is 43.5 Å². The van der Waals surface area contributed by atoms with Crippen LogP contribution in [0.4, 0.5) is 8.78 Å². The molecule has 0 aromatic heterocycles. The number of methoxy groups -OCH3 is 1. The summed E-state index contributed by atoms with van der Waals surface area (Å²) in [4.78, 5) is 0. The average Bonchev–Trinajstić information content (AvgIpc) is 2.41. The molecule has 0 aliphatic carbocycles. The van der Waals surface area contributed by atoms with Crippen LogP contribution in [0.5, 0.6) is 5.75 Å². The maximum Gasteiger partial charge on any atom is 0.190 e. The Bertz CT molecular complexity index is 376. The second-order valence-corrected chi connectivity index (χ2v) is 4.61. The molecule has 0 aliphatic heterocycles. The molecule has 0 heterocycles. The van der Waals surface area contributed by atoms with Gasteiger partial charge in [0.05, 0.1) is 6.61 Å². The Balaban J connectivity index is 2.51. The number of halogens is 2. The van der Waals surface area contributed by atoms with Gasteiger partial charge in [0.15, 0.2) is 17.4 Å². The Kier molecular flexibility index (Phi) is 8.14. The third kappa shape index (κ3) is 5.84. The fourth-order valence-electron chi connectivity index (χ4n) is 1.78. The summed E-state index contributed by atoms with van der Waals surface area (Å²) < 4.78 is 37.6. The molecule has 0 saturated carbocycles. The number of ether oxygens (including phenoxy) is 2. The van der Waals surface area contributed by atoms with Crippen LogP contribution >= 0.6 is 0 Å². The maximum atomic E-state index is 13.8. The first-order valence-corrected chi connectivity index (χ1v) is 6.99. The zero-order valence-electron chi connectivity index (χ0n) is 12.2. The Morgan fingerprint density at radius 1 is 1.10 bits per heavy atom. The first-order valence-electron chi connectivity index (χ1n) is 6.99. The van der Waals surface area contributed by atoms with Crippen LogP contribution in [0.1, 0.15) is 31.7 Å². The number of unbranched alkanes of at least 4 members (excludes halogenated alkanes) is 1. The monoisotopic (exact) mass is 287 g/mol. The van der Waals surface area contributed by atoms with Gasteiger partial charge in [0.25, 0.3) is 0 Å². The predicted octanol–water partition coefficient (Wildman–Crippen LogP) is 3.27. The van der Waals surface area contributed by atoms with E-state index in [2.05, 4.69) is 5.32 Å². The van der Waals surface area contributed by atoms with Gasteiger partial charge in [-0.2, -0.15) is 0 Å². The van der Waals surface area contributed by atoms with Gasteiger partial charge >= 0.3 is 0 Å². The molecule has 0 unspecified atom stereocenters. The number of hydrogen-bond donors (Lipinski definition) is 1. The van der Waals surface area contributed by atoms with E-state index in [0.29, 0.717) is 25.1 Å². The summed E-state index contributed by atoms with van der Waals surface area (Å²) in [7, 11) is 1.62. The van der Waals surface area contributed by atoms with Crippen molar-refractivity contribution in [2.75, 3.05) is 26.9 Å². The average molecular weight is 287 g/mol. The zero-order chi connectivity index (χ0) is 14.8. The van der Waals surface area contributed by atoms with Crippen LogP contribution < -0.4 is 10.1 Å². The molecule has 0 radical (unpaired) electrons. The zero-order valence-corrected chi connectivity index (χ0v) is 12.2. The van der Waals surface area contributed by atoms with E-state index in [1.807, 2.05) is 6.92 Å². The summed E-state index contributed by atoms with van der Waals surface area (Å²) in [5, 5.41) is 3.10. The molecule has 0 amide bonds. The molecule has 0 bridgehead atoms. The van der Waals surface area contributed by atoms with E-state index in [1.54, 1.807) is 7.11 Å². The molecule has 5 heteroatoms. The Morgan fingerprint density at radius 2 is 1.75 bits per heavy atom. The van der Waals surface area contributed by atoms with E-state index >= 15 is 0 Å². The van der Waals surface area contributed by atoms with Crippen molar-refractivity contribution in [3.8, 4) is 5.75 Å². The maximum absolute atomic E-state index is 13.8. The van der Waals surface area contributed by atoms with Crippen molar-refractivity contribution >= 4 is 0 Å². The third-order valence-electron chi connectivity index (χ3n) is 2.80. The second kappa shape index (κ2) is 9.66. The van der Waals surface area contributed by atoms with E-state index in [9.17, 15) is 8.78 Å². The molecule has 0 fully saturated rings. The van der Waals surface area contributed by atoms with Crippen molar-refractivity contribution in [2.45, 2.75) is 32.7 Å². The Morgan fingerprint density at radius 3 is 2.35 bits per heavy atom. The minimum Gasteiger partial charge on any atom is -0.488 e. The summed E-state index contributed by atoms with van der Waals surface area (Å²) in [5.74, 6) is -1.59. The van der Waals surface area contributed by atoms with Crippen LogP contribution in [-0.4, -0.2) is 26.9 Å². The summed E-state index contributed by atoms with van der Waals surface area (Å²) in [5.41, 5.74) is 0.584. The van der Waals surface area contributed by atoms with E-state index < -0.39 is 11.6 Å². The van der Waals surface area contributed by atoms with Crippen molar-refractivity contribution in [3.63, 3.8) is 0 Å². The van der Waals surface area contributed by atoms with Gasteiger partial charge in [-0.3, -0.25) is 0 Å². The van der Waals surface area contributed by atoms with Crippen LogP contribution in [0.25, 0.3) is 0 Å². The van der Waals surface area contributed by atoms with Crippen molar-refractivity contribution < 1.29 is 18.3 Å². The van der Waals surface area contributed by atoms with Gasteiger partial charge in [0.2, 0.25) is 0 Å². The molecular weight excluding hydrogens is 264 g/mol. The topological polar surface area (TPSA) is 30.5 Å². The normalized spacial score (nSPS) is 10.8. The SMILES string of the molecule is CCCNCc1cc(F)c(OCCCCOC)c(F)c1. The van der Waals surface area contributed by atoms with Gasteiger partial charge < -0.3 is 14.8 Å². The molecule has 20 heavy (non-hydrogen) atoms. The lowest BCUT2D eigenvalue weighted by Gasteiger charge is -2.10. The molecule has 3 nitrogen and oxygen atoms in total. The highest BCUT2D eigenvalue weighted by Gasteiger charge is 2.12. The van der Waals surface area contributed by atoms with Gasteiger partial charge in [0, 0.05) is 20.3 Å². The van der Waals surface area contributed by atoms with E-state index in [1.165, 1.54) is 12.1 Å². The molecular formula is C15H23F2NO2. The Hall–Kier alpha value is -1.20. The molecule has 1 rings (SSSR count). The molecule has 0 saturated heterocycles. The van der Waals surface area contributed by atoms with Crippen LogP contribution in [0.3, 0.4) is 0 Å². The summed E-state index contributed by atoms with van der Waals surface area (Å²) in [6.45, 7) is 4.21. The van der Waals surface area contributed by atoms with E-state index in [0.717, 1.165) is 19.4 Å². The largest absolute Gasteiger partial charge is 0.488 e. The Labute approximate surface area is 119 Å². The molecule has 0 aliphatic rings. The summed E-state index contributed by atoms with van der Waals surface area (Å²) >= 11 is 0. The predicted molar refractivity (Wildman–Crippen MR) is 75.0 cm³/mol. The number of rotatable bonds is 10. The molecule has 0 atom stereocenters. The third-order valence-corrected chi connectivity index (χ3v) is 2.80. The minimum absolute atomic E-state index is 0.282. The summed E-state index contributed by atoms with van der Waals surface area (Å²) in [6, 6.07) is 2.63. The molecule has 114 valence electrons. The molecule has 0 spiro atoms. The van der Waals surface area contributed by atoms with Crippen LogP contribution in [0, 0.1) is 11.6 Å². The van der Waals surface area contributed by atoms with Gasteiger partial charge in [-0.1, -0.05) is 6.92 Å². The quantitative estimate of drug-likeness (QED) is 0.670. The van der Waals surface area contributed by atoms with Crippen LogP contribution in [0.15, 0.2) is 12.1 Å². The lowest BCUT2D eigenvalue weighted by molar-refractivity contribution is 0.182. The number of benzene rings is 1. The van der Waals surface area contributed by atoms with Crippen LogP contribution in [-0.2, 0) is 11.3 Å². The number of hydrogen-bond acceptors (Lipinski definition) is 3. The van der Waals surface area contributed by atoms with Gasteiger partial charge in [-0.25, -0.2) is 8.78 Å². The smallest absolute Gasteiger partial charge is 0.190 e. The van der Waals surface area contributed by atoms with Crippen molar-refractivity contribution in [3.05, 3.63) is 29.3 Å². The molecule has 1 aromatic carbocycles. The van der Waals surface area contributed by atoms with E-state index in [4.69, 9.17) is 9.47 Å². The number of nitrogens with one attached hydrogen (secondary N) is 1. The second-order valence-electron chi connectivity index (χ2n) is 4.61. The van der Waals surface area contributed by atoms with Gasteiger partial charge in [0.1, 0.15) is 0 Å². The lowest BCUT2D eigenvalue weighted by Crippen LogP contribution is -2.14. The standard InChI is InChI=1S/C15H23F2NO2/c1-3-6-18-11-12-9-13(16)15(14(17)10-12)20-8-5-4-7-19-2/h9-10,18H,3-8,11H2,1-2H3. The summed E-state index contributed by atoms with van der Waals surface area (Å²) in [6.07, 6.45) is 2.49. The first-order chi connectivity index (χ1) is 9.69. The van der Waals surface area contributed by atoms with Crippen molar-refractivity contribution in [1.29, 1.82) is 0 Å². The highest BCUT2D eigenvalue weighted by atomic mass is 19.1. The van der Waals surface area contributed by atoms with Crippen molar-refractivity contribution in [1.82, 2.24) is 5.32 Å². The van der Waals surface area contributed by atoms with Crippen molar-refractivity contribution in [2.24, 2.45) is 0 Å². The fraction of sp³-hybridized carbons (Fsp3) is 0.600.